The molecule has 0 saturated carbocycles. The Hall–Kier alpha value is -0.440. The number of hydrogen-bond acceptors (Lipinski definition) is 3. The average Bonchev–Trinajstić information content (AvgIpc) is 1.65. The summed E-state index contributed by atoms with van der Waals surface area (Å²) >= 11 is 0. The van der Waals surface area contributed by atoms with Crippen molar-refractivity contribution in [2.45, 2.75) is 13.0 Å². The molecule has 0 aliphatic carbocycles. The molecule has 0 radical (unpaired) electrons. The van der Waals surface area contributed by atoms with Gasteiger partial charge in [0.15, 0.2) is 0 Å². The number of rotatable bonds is 2. The van der Waals surface area contributed by atoms with Crippen LogP contribution in [0.1, 0.15) is 6.92 Å². The summed E-state index contributed by atoms with van der Waals surface area (Å²) in [4.78, 5) is 9.41. The van der Waals surface area contributed by atoms with Gasteiger partial charge in [-0.1, -0.05) is 5.18 Å². The zero-order chi connectivity index (χ0) is 4.99. The first-order chi connectivity index (χ1) is 2.81. The van der Waals surface area contributed by atoms with E-state index in [1.807, 2.05) is 0 Å². The Morgan fingerprint density at radius 2 is 2.50 bits per heavy atom. The van der Waals surface area contributed by atoms with Crippen LogP contribution in [-0.4, -0.2) is 12.6 Å². The van der Waals surface area contributed by atoms with E-state index in [1.54, 1.807) is 6.92 Å². The molecule has 3 heteroatoms. The predicted octanol–water partition coefficient (Wildman–Crippen LogP) is 0.100. The molecule has 0 aromatic rings. The van der Waals surface area contributed by atoms with Crippen LogP contribution in [0.25, 0.3) is 0 Å². The van der Waals surface area contributed by atoms with Gasteiger partial charge in [0.25, 0.3) is 0 Å². The number of nitrogens with zero attached hydrogens (tertiary/aromatic N) is 1. The van der Waals surface area contributed by atoms with E-state index < -0.39 is 0 Å². The van der Waals surface area contributed by atoms with Gasteiger partial charge in [-0.3, -0.25) is 0 Å². The molecule has 0 fully saturated rings. The largest absolute Gasteiger partial charge is 0.328 e. The Morgan fingerprint density at radius 3 is 2.50 bits per heavy atom. The third-order valence-electron chi connectivity index (χ3n) is 0.521. The predicted molar refractivity (Wildman–Crippen MR) is 24.3 cm³/mol. The van der Waals surface area contributed by atoms with E-state index >= 15 is 0 Å². The van der Waals surface area contributed by atoms with Gasteiger partial charge in [0.2, 0.25) is 0 Å². The zero-order valence-electron chi connectivity index (χ0n) is 3.72. The Kier molecular flexibility index (Phi) is 2.58. The van der Waals surface area contributed by atoms with Gasteiger partial charge in [0, 0.05) is 6.54 Å². The second-order valence-corrected chi connectivity index (χ2v) is 1.19. The molecule has 2 N–H and O–H groups in total. The fourth-order valence-electron chi connectivity index (χ4n) is 0.0430. The van der Waals surface area contributed by atoms with Gasteiger partial charge >= 0.3 is 0 Å². The van der Waals surface area contributed by atoms with Crippen LogP contribution in [0.15, 0.2) is 5.18 Å². The molecule has 3 nitrogen and oxygen atoms in total. The van der Waals surface area contributed by atoms with E-state index in [2.05, 4.69) is 5.18 Å². The molecule has 0 heterocycles. The summed E-state index contributed by atoms with van der Waals surface area (Å²) in [7, 11) is 0. The minimum Gasteiger partial charge on any atom is -0.328 e. The van der Waals surface area contributed by atoms with Crippen LogP contribution >= 0.6 is 0 Å². The molecule has 1 unspecified atom stereocenters. The fourth-order valence-corrected chi connectivity index (χ4v) is 0.0430. The third-order valence-corrected chi connectivity index (χ3v) is 0.521. The minimum atomic E-state index is -0.218. The highest BCUT2D eigenvalue weighted by Crippen LogP contribution is 1.78. The maximum absolute atomic E-state index is 9.41. The molecule has 0 amide bonds. The van der Waals surface area contributed by atoms with Gasteiger partial charge in [-0.25, -0.2) is 0 Å². The van der Waals surface area contributed by atoms with Gasteiger partial charge in [-0.15, -0.1) is 0 Å². The van der Waals surface area contributed by atoms with E-state index in [1.165, 1.54) is 0 Å². The summed E-state index contributed by atoms with van der Waals surface area (Å²) < 4.78 is 0. The van der Waals surface area contributed by atoms with Gasteiger partial charge < -0.3 is 5.73 Å². The topological polar surface area (TPSA) is 55.4 Å². The summed E-state index contributed by atoms with van der Waals surface area (Å²) in [5, 5.41) is 2.63. The molecule has 0 rings (SSSR count). The summed E-state index contributed by atoms with van der Waals surface area (Å²) in [6.45, 7) is 2.02. The molecule has 0 saturated heterocycles. The molecule has 0 aliphatic rings. The minimum absolute atomic E-state index is 0.218. The molecule has 1 atom stereocenters. The normalized spacial score (nSPS) is 13.7. The summed E-state index contributed by atoms with van der Waals surface area (Å²) in [5.74, 6) is 0. The molecule has 0 aromatic carbocycles. The first kappa shape index (κ1) is 5.56. The quantitative estimate of drug-likeness (QED) is 0.487. The summed E-state index contributed by atoms with van der Waals surface area (Å²) in [6.07, 6.45) is 0. The highest BCUT2D eigenvalue weighted by molar-refractivity contribution is 4.55. The maximum Gasteiger partial charge on any atom is 0.101 e. The highest BCUT2D eigenvalue weighted by Gasteiger charge is 1.90. The van der Waals surface area contributed by atoms with E-state index in [-0.39, 0.29) is 6.04 Å². The lowest BCUT2D eigenvalue weighted by Crippen LogP contribution is -2.12. The van der Waals surface area contributed by atoms with Crippen molar-refractivity contribution in [3.05, 3.63) is 4.91 Å². The summed E-state index contributed by atoms with van der Waals surface area (Å²) in [6, 6.07) is -0.218. The van der Waals surface area contributed by atoms with Crippen LogP contribution in [0.5, 0.6) is 0 Å². The molecule has 0 aromatic heterocycles. The lowest BCUT2D eigenvalue weighted by Gasteiger charge is -1.88. The molecular formula is C3H8N2O. The van der Waals surface area contributed by atoms with Gasteiger partial charge in [0.1, 0.15) is 6.04 Å². The van der Waals surface area contributed by atoms with Crippen LogP contribution in [-0.2, 0) is 0 Å². The van der Waals surface area contributed by atoms with Crippen LogP contribution in [0.3, 0.4) is 0 Å². The molecular weight excluding hydrogens is 80.0 g/mol. The maximum atomic E-state index is 9.41. The molecule has 0 spiro atoms. The SMILES string of the molecule is CC(CN)N=O. The van der Waals surface area contributed by atoms with Crippen molar-refractivity contribution in [3.8, 4) is 0 Å². The number of hydrogen-bond donors (Lipinski definition) is 1. The summed E-state index contributed by atoms with van der Waals surface area (Å²) in [5.41, 5.74) is 4.99. The Morgan fingerprint density at radius 1 is 2.00 bits per heavy atom. The molecule has 36 valence electrons. The van der Waals surface area contributed by atoms with Crippen LogP contribution in [0.4, 0.5) is 0 Å². The van der Waals surface area contributed by atoms with E-state index in [0.29, 0.717) is 6.54 Å². The number of nitroso groups, excluding NO2 is 1. The van der Waals surface area contributed by atoms with E-state index in [4.69, 9.17) is 5.73 Å². The third kappa shape index (κ3) is 1.84. The highest BCUT2D eigenvalue weighted by atomic mass is 16.3. The van der Waals surface area contributed by atoms with Crippen molar-refractivity contribution < 1.29 is 0 Å². The second kappa shape index (κ2) is 2.78. The standard InChI is InChI=1S/C3H8N2O/c1-3(2-4)5-6/h3H,2,4H2,1H3. The number of nitrogens with two attached hydrogens (primary N) is 1. The lowest BCUT2D eigenvalue weighted by molar-refractivity contribution is 0.748. The Labute approximate surface area is 36.5 Å². The fraction of sp³-hybridized carbons (Fsp3) is 1.00. The van der Waals surface area contributed by atoms with Crippen LogP contribution in [0, 0.1) is 4.91 Å². The molecule has 0 bridgehead atoms. The molecule has 6 heavy (non-hydrogen) atoms. The Bertz CT molecular complexity index is 46.1. The first-order valence-electron chi connectivity index (χ1n) is 1.83. The van der Waals surface area contributed by atoms with E-state index in [9.17, 15) is 4.91 Å². The van der Waals surface area contributed by atoms with Crippen molar-refractivity contribution in [2.24, 2.45) is 10.9 Å². The smallest absolute Gasteiger partial charge is 0.101 e. The van der Waals surface area contributed by atoms with Crippen molar-refractivity contribution in [3.63, 3.8) is 0 Å². The van der Waals surface area contributed by atoms with Crippen molar-refractivity contribution in [1.29, 1.82) is 0 Å². The first-order valence-corrected chi connectivity index (χ1v) is 1.83. The zero-order valence-corrected chi connectivity index (χ0v) is 3.72. The second-order valence-electron chi connectivity index (χ2n) is 1.19. The lowest BCUT2D eigenvalue weighted by atomic mass is 10.4. The van der Waals surface area contributed by atoms with Crippen LogP contribution < -0.4 is 5.73 Å². The van der Waals surface area contributed by atoms with Crippen LogP contribution in [0.2, 0.25) is 0 Å². The van der Waals surface area contributed by atoms with Crippen molar-refractivity contribution in [1.82, 2.24) is 0 Å². The van der Waals surface area contributed by atoms with Gasteiger partial charge in [-0.05, 0) is 6.92 Å². The Balaban J connectivity index is 2.96. The van der Waals surface area contributed by atoms with Gasteiger partial charge in [0.05, 0.1) is 0 Å². The average molecular weight is 88.1 g/mol. The monoisotopic (exact) mass is 88.1 g/mol. The van der Waals surface area contributed by atoms with Crippen molar-refractivity contribution >= 4 is 0 Å². The van der Waals surface area contributed by atoms with E-state index in [0.717, 1.165) is 0 Å². The van der Waals surface area contributed by atoms with Gasteiger partial charge in [-0.2, -0.15) is 4.91 Å². The molecule has 0 aliphatic heterocycles. The van der Waals surface area contributed by atoms with Crippen molar-refractivity contribution in [2.75, 3.05) is 6.54 Å².